The summed E-state index contributed by atoms with van der Waals surface area (Å²) in [5.41, 5.74) is 2.20. The summed E-state index contributed by atoms with van der Waals surface area (Å²) in [7, 11) is 0. The summed E-state index contributed by atoms with van der Waals surface area (Å²) >= 11 is 0. The largest absolute Gasteiger partial charge is 0.380 e. The molecule has 0 saturated carbocycles. The van der Waals surface area contributed by atoms with Crippen LogP contribution in [0.2, 0.25) is 0 Å². The zero-order chi connectivity index (χ0) is 13.3. The summed E-state index contributed by atoms with van der Waals surface area (Å²) in [6, 6.07) is 5.34. The molecule has 3 rings (SSSR count). The van der Waals surface area contributed by atoms with Gasteiger partial charge in [-0.25, -0.2) is 0 Å². The normalized spacial score (nSPS) is 16.9. The number of rotatable bonds is 3. The van der Waals surface area contributed by atoms with E-state index in [4.69, 9.17) is 4.74 Å². The third kappa shape index (κ3) is 2.42. The van der Waals surface area contributed by atoms with Gasteiger partial charge in [0.2, 0.25) is 0 Å². The second-order valence-electron chi connectivity index (χ2n) is 5.25. The van der Waals surface area contributed by atoms with Gasteiger partial charge in [-0.05, 0) is 18.2 Å². The van der Waals surface area contributed by atoms with Crippen molar-refractivity contribution >= 4 is 16.9 Å². The van der Waals surface area contributed by atoms with Crippen LogP contribution in [0.25, 0.3) is 11.0 Å². The van der Waals surface area contributed by atoms with Crippen LogP contribution in [0.15, 0.2) is 30.6 Å². The highest BCUT2D eigenvalue weighted by molar-refractivity contribution is 5.97. The number of nitrogens with one attached hydrogen (secondary N) is 1. The van der Waals surface area contributed by atoms with Crippen LogP contribution in [-0.4, -0.2) is 35.6 Å². The van der Waals surface area contributed by atoms with Crippen molar-refractivity contribution in [3.63, 3.8) is 0 Å². The molecule has 1 N–H and O–H groups in total. The van der Waals surface area contributed by atoms with Gasteiger partial charge in [0.25, 0.3) is 5.91 Å². The van der Waals surface area contributed by atoms with Crippen molar-refractivity contribution in [2.75, 3.05) is 19.8 Å². The number of fused-ring (bicyclic) bond motifs is 1. The van der Waals surface area contributed by atoms with Gasteiger partial charge in [0.05, 0.1) is 24.2 Å². The third-order valence-electron chi connectivity index (χ3n) is 3.31. The van der Waals surface area contributed by atoms with Crippen LogP contribution in [-0.2, 0) is 4.74 Å². The lowest BCUT2D eigenvalue weighted by molar-refractivity contribution is -0.0978. The molecule has 0 spiro atoms. The van der Waals surface area contributed by atoms with Crippen molar-refractivity contribution in [2.24, 2.45) is 5.41 Å². The Balaban J connectivity index is 1.74. The zero-order valence-electron chi connectivity index (χ0n) is 10.7. The van der Waals surface area contributed by atoms with E-state index in [1.807, 2.05) is 6.07 Å². The van der Waals surface area contributed by atoms with Crippen LogP contribution in [0.4, 0.5) is 0 Å². The number of aromatic nitrogens is 2. The average molecular weight is 257 g/mol. The molecule has 0 bridgehead atoms. The van der Waals surface area contributed by atoms with Gasteiger partial charge >= 0.3 is 0 Å². The van der Waals surface area contributed by atoms with E-state index in [0.717, 1.165) is 11.0 Å². The number of amides is 1. The monoisotopic (exact) mass is 257 g/mol. The van der Waals surface area contributed by atoms with E-state index < -0.39 is 0 Å². The Hall–Kier alpha value is -2.01. The van der Waals surface area contributed by atoms with Crippen LogP contribution in [0.5, 0.6) is 0 Å². The molecule has 2 aromatic rings. The van der Waals surface area contributed by atoms with E-state index in [9.17, 15) is 4.79 Å². The predicted molar refractivity (Wildman–Crippen MR) is 70.8 cm³/mol. The maximum absolute atomic E-state index is 12.1. The van der Waals surface area contributed by atoms with E-state index in [1.54, 1.807) is 24.5 Å². The summed E-state index contributed by atoms with van der Waals surface area (Å²) in [6.07, 6.45) is 3.26. The van der Waals surface area contributed by atoms with Gasteiger partial charge in [0.15, 0.2) is 0 Å². The maximum atomic E-state index is 12.1. The number of benzene rings is 1. The summed E-state index contributed by atoms with van der Waals surface area (Å²) in [5, 5.41) is 2.94. The lowest BCUT2D eigenvalue weighted by Gasteiger charge is -2.38. The molecule has 0 atom stereocenters. The second kappa shape index (κ2) is 4.59. The van der Waals surface area contributed by atoms with E-state index in [0.29, 0.717) is 25.3 Å². The van der Waals surface area contributed by atoms with Crippen LogP contribution in [0.3, 0.4) is 0 Å². The van der Waals surface area contributed by atoms with Gasteiger partial charge in [-0.3, -0.25) is 14.8 Å². The number of hydrogen-bond donors (Lipinski definition) is 1. The SMILES string of the molecule is CC1(CNC(=O)c2ccc3nccnc3c2)COC1. The topological polar surface area (TPSA) is 64.1 Å². The lowest BCUT2D eigenvalue weighted by Crippen LogP contribution is -2.48. The van der Waals surface area contributed by atoms with Crippen molar-refractivity contribution in [1.29, 1.82) is 0 Å². The summed E-state index contributed by atoms with van der Waals surface area (Å²) < 4.78 is 5.16. The highest BCUT2D eigenvalue weighted by atomic mass is 16.5. The van der Waals surface area contributed by atoms with E-state index in [1.165, 1.54) is 0 Å². The minimum Gasteiger partial charge on any atom is -0.380 e. The molecule has 19 heavy (non-hydrogen) atoms. The van der Waals surface area contributed by atoms with E-state index in [2.05, 4.69) is 22.2 Å². The first-order valence-electron chi connectivity index (χ1n) is 6.23. The van der Waals surface area contributed by atoms with Gasteiger partial charge in [-0.2, -0.15) is 0 Å². The molecular formula is C14H15N3O2. The highest BCUT2D eigenvalue weighted by Gasteiger charge is 2.33. The average Bonchev–Trinajstić information content (AvgIpc) is 2.42. The molecule has 1 saturated heterocycles. The Morgan fingerprint density at radius 1 is 1.32 bits per heavy atom. The third-order valence-corrected chi connectivity index (χ3v) is 3.31. The highest BCUT2D eigenvalue weighted by Crippen LogP contribution is 2.25. The minimum atomic E-state index is -0.0827. The van der Waals surface area contributed by atoms with Crippen molar-refractivity contribution < 1.29 is 9.53 Å². The molecule has 2 heterocycles. The van der Waals surface area contributed by atoms with Crippen molar-refractivity contribution in [3.8, 4) is 0 Å². The van der Waals surface area contributed by atoms with Crippen molar-refractivity contribution in [1.82, 2.24) is 15.3 Å². The molecule has 0 aliphatic carbocycles. The van der Waals surface area contributed by atoms with E-state index >= 15 is 0 Å². The molecule has 98 valence electrons. The molecule has 0 unspecified atom stereocenters. The predicted octanol–water partition coefficient (Wildman–Crippen LogP) is 1.40. The molecule has 1 amide bonds. The van der Waals surface area contributed by atoms with Gasteiger partial charge in [-0.15, -0.1) is 0 Å². The minimum absolute atomic E-state index is 0.0757. The van der Waals surface area contributed by atoms with Crippen LogP contribution in [0, 0.1) is 5.41 Å². The van der Waals surface area contributed by atoms with Crippen LogP contribution >= 0.6 is 0 Å². The first kappa shape index (κ1) is 12.0. The van der Waals surface area contributed by atoms with Gasteiger partial charge < -0.3 is 10.1 Å². The van der Waals surface area contributed by atoms with Crippen LogP contribution in [0.1, 0.15) is 17.3 Å². The molecule has 1 fully saturated rings. The van der Waals surface area contributed by atoms with Gasteiger partial charge in [0, 0.05) is 29.9 Å². The number of hydrogen-bond acceptors (Lipinski definition) is 4. The fraction of sp³-hybridized carbons (Fsp3) is 0.357. The first-order chi connectivity index (χ1) is 9.16. The number of carbonyl (C=O) groups is 1. The summed E-state index contributed by atoms with van der Waals surface area (Å²) in [4.78, 5) is 20.5. The van der Waals surface area contributed by atoms with Crippen LogP contribution < -0.4 is 5.32 Å². The zero-order valence-corrected chi connectivity index (χ0v) is 10.7. The Morgan fingerprint density at radius 3 is 2.74 bits per heavy atom. The Morgan fingerprint density at radius 2 is 2.05 bits per heavy atom. The fourth-order valence-electron chi connectivity index (χ4n) is 2.05. The van der Waals surface area contributed by atoms with E-state index in [-0.39, 0.29) is 11.3 Å². The summed E-state index contributed by atoms with van der Waals surface area (Å²) in [5.74, 6) is -0.0827. The number of ether oxygens (including phenoxy) is 1. The van der Waals surface area contributed by atoms with Gasteiger partial charge in [-0.1, -0.05) is 6.92 Å². The molecule has 5 heteroatoms. The molecule has 1 aromatic heterocycles. The molecular weight excluding hydrogens is 242 g/mol. The number of nitrogens with zero attached hydrogens (tertiary/aromatic N) is 2. The smallest absolute Gasteiger partial charge is 0.251 e. The Bertz CT molecular complexity index is 623. The quantitative estimate of drug-likeness (QED) is 0.902. The first-order valence-corrected chi connectivity index (χ1v) is 6.23. The van der Waals surface area contributed by atoms with Crippen molar-refractivity contribution in [2.45, 2.75) is 6.92 Å². The number of carbonyl (C=O) groups excluding carboxylic acids is 1. The lowest BCUT2D eigenvalue weighted by atomic mass is 9.88. The molecule has 1 aliphatic heterocycles. The molecule has 0 radical (unpaired) electrons. The standard InChI is InChI=1S/C14H15N3O2/c1-14(8-19-9-14)7-17-13(18)10-2-3-11-12(6-10)16-5-4-15-11/h2-6H,7-9H2,1H3,(H,17,18). The maximum Gasteiger partial charge on any atom is 0.251 e. The molecule has 1 aliphatic rings. The summed E-state index contributed by atoms with van der Waals surface area (Å²) in [6.45, 7) is 4.14. The molecule has 5 nitrogen and oxygen atoms in total. The fourth-order valence-corrected chi connectivity index (χ4v) is 2.05. The van der Waals surface area contributed by atoms with Gasteiger partial charge in [0.1, 0.15) is 0 Å². The Kier molecular flexibility index (Phi) is 2.91. The Labute approximate surface area is 111 Å². The molecule has 1 aromatic carbocycles. The second-order valence-corrected chi connectivity index (χ2v) is 5.25. The van der Waals surface area contributed by atoms with Crippen molar-refractivity contribution in [3.05, 3.63) is 36.2 Å².